The van der Waals surface area contributed by atoms with Gasteiger partial charge in [0, 0.05) is 24.4 Å². The molecule has 0 saturated carbocycles. The lowest BCUT2D eigenvalue weighted by Crippen LogP contribution is -2.14. The molecule has 7 nitrogen and oxygen atoms in total. The Morgan fingerprint density at radius 2 is 1.85 bits per heavy atom. The number of carbonyl (C=O) groups is 1. The lowest BCUT2D eigenvalue weighted by Gasteiger charge is -2.07. The lowest BCUT2D eigenvalue weighted by molar-refractivity contribution is 0.102. The predicted molar refractivity (Wildman–Crippen MR) is 102 cm³/mol. The summed E-state index contributed by atoms with van der Waals surface area (Å²) < 4.78 is 8.81. The molecule has 1 N–H and O–H groups in total. The molecule has 3 aromatic heterocycles. The van der Waals surface area contributed by atoms with Gasteiger partial charge in [-0.25, -0.2) is 4.68 Å². The maximum absolute atomic E-state index is 12.6. The molecule has 0 saturated heterocycles. The number of aryl methyl sites for hydroxylation is 3. The monoisotopic (exact) mass is 361 g/mol. The predicted octanol–water partition coefficient (Wildman–Crippen LogP) is 3.73. The quantitative estimate of drug-likeness (QED) is 0.601. The minimum Gasteiger partial charge on any atom is -0.463 e. The molecule has 4 rings (SSSR count). The van der Waals surface area contributed by atoms with Crippen LogP contribution < -0.4 is 5.32 Å². The van der Waals surface area contributed by atoms with Crippen molar-refractivity contribution in [3.8, 4) is 17.1 Å². The standard InChI is InChI=1S/C20H19N5O2/c1-13-11-14(2)25(22-13)16-8-6-15(7-9-16)20(26)21-19-12-17(23-24(19)3)18-5-4-10-27-18/h4-12H,1-3H3,(H,21,26). The highest BCUT2D eigenvalue weighted by Gasteiger charge is 2.13. The van der Waals surface area contributed by atoms with Gasteiger partial charge in [-0.05, 0) is 56.3 Å². The van der Waals surface area contributed by atoms with Gasteiger partial charge in [0.25, 0.3) is 5.91 Å². The Bertz CT molecular complexity index is 1090. The summed E-state index contributed by atoms with van der Waals surface area (Å²) in [5.41, 5.74) is 4.14. The van der Waals surface area contributed by atoms with Crippen molar-refractivity contribution in [3.63, 3.8) is 0 Å². The van der Waals surface area contributed by atoms with Crippen LogP contribution in [0.1, 0.15) is 21.7 Å². The Labute approximate surface area is 156 Å². The molecule has 3 heterocycles. The number of anilines is 1. The van der Waals surface area contributed by atoms with E-state index in [1.54, 1.807) is 42.3 Å². The first-order valence-corrected chi connectivity index (χ1v) is 8.54. The van der Waals surface area contributed by atoms with Gasteiger partial charge in [0.1, 0.15) is 11.5 Å². The van der Waals surface area contributed by atoms with E-state index in [0.29, 0.717) is 22.8 Å². The fourth-order valence-corrected chi connectivity index (χ4v) is 2.96. The number of aromatic nitrogens is 4. The Morgan fingerprint density at radius 3 is 2.48 bits per heavy atom. The second-order valence-corrected chi connectivity index (χ2v) is 6.36. The van der Waals surface area contributed by atoms with Crippen LogP contribution in [0, 0.1) is 13.8 Å². The van der Waals surface area contributed by atoms with Crippen molar-refractivity contribution in [2.75, 3.05) is 5.32 Å². The highest BCUT2D eigenvalue weighted by Crippen LogP contribution is 2.22. The number of benzene rings is 1. The van der Waals surface area contributed by atoms with Gasteiger partial charge in [-0.1, -0.05) is 0 Å². The molecule has 0 fully saturated rings. The van der Waals surface area contributed by atoms with Gasteiger partial charge >= 0.3 is 0 Å². The number of hydrogen-bond acceptors (Lipinski definition) is 4. The summed E-state index contributed by atoms with van der Waals surface area (Å²) in [7, 11) is 1.77. The van der Waals surface area contributed by atoms with Gasteiger partial charge in [0.2, 0.25) is 0 Å². The highest BCUT2D eigenvalue weighted by atomic mass is 16.3. The van der Waals surface area contributed by atoms with Crippen LogP contribution >= 0.6 is 0 Å². The first-order chi connectivity index (χ1) is 13.0. The summed E-state index contributed by atoms with van der Waals surface area (Å²) in [5.74, 6) is 1.04. The molecular formula is C20H19N5O2. The van der Waals surface area contributed by atoms with Gasteiger partial charge in [-0.2, -0.15) is 10.2 Å². The van der Waals surface area contributed by atoms with E-state index in [0.717, 1.165) is 17.1 Å². The summed E-state index contributed by atoms with van der Waals surface area (Å²) in [4.78, 5) is 12.6. The normalized spacial score (nSPS) is 10.9. The van der Waals surface area contributed by atoms with E-state index >= 15 is 0 Å². The number of nitrogens with zero attached hydrogens (tertiary/aromatic N) is 4. The molecule has 4 aromatic rings. The second-order valence-electron chi connectivity index (χ2n) is 6.36. The van der Waals surface area contributed by atoms with Crippen LogP contribution in [0.3, 0.4) is 0 Å². The molecule has 0 radical (unpaired) electrons. The molecule has 0 bridgehead atoms. The smallest absolute Gasteiger partial charge is 0.256 e. The van der Waals surface area contributed by atoms with Crippen molar-refractivity contribution in [2.24, 2.45) is 7.05 Å². The molecule has 1 amide bonds. The third-order valence-corrected chi connectivity index (χ3v) is 4.28. The van der Waals surface area contributed by atoms with Crippen molar-refractivity contribution in [2.45, 2.75) is 13.8 Å². The summed E-state index contributed by atoms with van der Waals surface area (Å²) in [6, 6.07) is 14.7. The van der Waals surface area contributed by atoms with Gasteiger partial charge in [0.15, 0.2) is 5.76 Å². The molecule has 7 heteroatoms. The van der Waals surface area contributed by atoms with Crippen LogP contribution in [0.4, 0.5) is 5.82 Å². The lowest BCUT2D eigenvalue weighted by atomic mass is 10.2. The van der Waals surface area contributed by atoms with Crippen LogP contribution in [-0.4, -0.2) is 25.5 Å². The number of nitrogens with one attached hydrogen (secondary N) is 1. The highest BCUT2D eigenvalue weighted by molar-refractivity contribution is 6.04. The topological polar surface area (TPSA) is 77.9 Å². The van der Waals surface area contributed by atoms with Crippen LogP contribution in [-0.2, 0) is 7.05 Å². The van der Waals surface area contributed by atoms with Crippen molar-refractivity contribution >= 4 is 11.7 Å². The van der Waals surface area contributed by atoms with E-state index in [-0.39, 0.29) is 5.91 Å². The van der Waals surface area contributed by atoms with Crippen molar-refractivity contribution in [3.05, 3.63) is 71.7 Å². The molecule has 136 valence electrons. The second kappa shape index (κ2) is 6.60. The van der Waals surface area contributed by atoms with Crippen LogP contribution in [0.5, 0.6) is 0 Å². The van der Waals surface area contributed by atoms with Gasteiger partial charge in [-0.3, -0.25) is 9.48 Å². The number of amides is 1. The molecule has 1 aromatic carbocycles. The van der Waals surface area contributed by atoms with E-state index in [1.165, 1.54) is 0 Å². The number of furan rings is 1. The first-order valence-electron chi connectivity index (χ1n) is 8.54. The van der Waals surface area contributed by atoms with Crippen LogP contribution in [0.15, 0.2) is 59.2 Å². The zero-order valence-corrected chi connectivity index (χ0v) is 15.3. The summed E-state index contributed by atoms with van der Waals surface area (Å²) >= 11 is 0. The van der Waals surface area contributed by atoms with Gasteiger partial charge < -0.3 is 9.73 Å². The van der Waals surface area contributed by atoms with Crippen LogP contribution in [0.2, 0.25) is 0 Å². The number of carbonyl (C=O) groups excluding carboxylic acids is 1. The summed E-state index contributed by atoms with van der Waals surface area (Å²) in [6.07, 6.45) is 1.59. The zero-order valence-electron chi connectivity index (χ0n) is 15.3. The first kappa shape index (κ1) is 16.8. The Kier molecular flexibility index (Phi) is 4.12. The Morgan fingerprint density at radius 1 is 1.07 bits per heavy atom. The van der Waals surface area contributed by atoms with E-state index in [9.17, 15) is 4.79 Å². The third kappa shape index (κ3) is 3.27. The maximum Gasteiger partial charge on any atom is 0.256 e. The fraction of sp³-hybridized carbons (Fsp3) is 0.150. The SMILES string of the molecule is Cc1cc(C)n(-c2ccc(C(=O)Nc3cc(-c4ccco4)nn3C)cc2)n1. The maximum atomic E-state index is 12.6. The third-order valence-electron chi connectivity index (χ3n) is 4.28. The van der Waals surface area contributed by atoms with Crippen molar-refractivity contribution < 1.29 is 9.21 Å². The minimum absolute atomic E-state index is 0.205. The van der Waals surface area contributed by atoms with E-state index in [4.69, 9.17) is 4.42 Å². The van der Waals surface area contributed by atoms with Gasteiger partial charge in [-0.15, -0.1) is 0 Å². The molecule has 0 aliphatic rings. The number of rotatable bonds is 4. The summed E-state index contributed by atoms with van der Waals surface area (Å²) in [6.45, 7) is 3.95. The molecule has 0 aliphatic carbocycles. The largest absolute Gasteiger partial charge is 0.463 e. The van der Waals surface area contributed by atoms with E-state index < -0.39 is 0 Å². The molecule has 0 aliphatic heterocycles. The Hall–Kier alpha value is -3.61. The molecule has 0 spiro atoms. The average molecular weight is 361 g/mol. The minimum atomic E-state index is -0.205. The summed E-state index contributed by atoms with van der Waals surface area (Å²) in [5, 5.41) is 11.7. The van der Waals surface area contributed by atoms with E-state index in [2.05, 4.69) is 15.5 Å². The Balaban J connectivity index is 1.53. The molecule has 0 unspecified atom stereocenters. The average Bonchev–Trinajstić information content (AvgIpc) is 3.37. The fourth-order valence-electron chi connectivity index (χ4n) is 2.96. The zero-order chi connectivity index (χ0) is 19.0. The molecular weight excluding hydrogens is 342 g/mol. The van der Waals surface area contributed by atoms with Crippen molar-refractivity contribution in [1.82, 2.24) is 19.6 Å². The molecule has 0 atom stereocenters. The number of hydrogen-bond donors (Lipinski definition) is 1. The van der Waals surface area contributed by atoms with Gasteiger partial charge in [0.05, 0.1) is 17.6 Å². The molecule has 27 heavy (non-hydrogen) atoms. The van der Waals surface area contributed by atoms with Crippen molar-refractivity contribution in [1.29, 1.82) is 0 Å². The van der Waals surface area contributed by atoms with Crippen LogP contribution in [0.25, 0.3) is 17.1 Å². The van der Waals surface area contributed by atoms with E-state index in [1.807, 2.05) is 42.8 Å².